The Hall–Kier alpha value is -6.20. The van der Waals surface area contributed by atoms with Crippen LogP contribution in [-0.2, 0) is 0 Å². The van der Waals surface area contributed by atoms with E-state index in [4.69, 9.17) is 0 Å². The Morgan fingerprint density at radius 1 is 0.327 bits per heavy atom. The van der Waals surface area contributed by atoms with Gasteiger partial charge in [0.25, 0.3) is 0 Å². The average Bonchev–Trinajstić information content (AvgIpc) is 3.87. The lowest BCUT2D eigenvalue weighted by Gasteiger charge is -2.26. The Kier molecular flexibility index (Phi) is 6.63. The monoisotopic (exact) mass is 698 g/mol. The maximum absolute atomic E-state index is 2.41. The van der Waals surface area contributed by atoms with Gasteiger partial charge < -0.3 is 9.47 Å². The zero-order valence-electron chi connectivity index (χ0n) is 28.0. The minimum atomic E-state index is 1.12. The smallest absolute Gasteiger partial charge is 0.0561 e. The molecule has 11 aromatic rings. The molecule has 0 radical (unpaired) electrons. The van der Waals surface area contributed by atoms with Crippen LogP contribution in [0.2, 0.25) is 0 Å². The minimum absolute atomic E-state index is 1.12. The zero-order valence-corrected chi connectivity index (χ0v) is 29.7. The molecule has 0 atom stereocenters. The van der Waals surface area contributed by atoms with E-state index in [-0.39, 0.29) is 0 Å². The quantitative estimate of drug-likeness (QED) is 0.174. The van der Waals surface area contributed by atoms with Crippen LogP contribution in [0.15, 0.2) is 182 Å². The van der Waals surface area contributed by atoms with Gasteiger partial charge in [-0.3, -0.25) is 0 Å². The normalized spacial score (nSPS) is 11.8. The van der Waals surface area contributed by atoms with Gasteiger partial charge in [0.1, 0.15) is 0 Å². The first kappa shape index (κ1) is 29.5. The van der Waals surface area contributed by atoms with Gasteiger partial charge >= 0.3 is 0 Å². The number of anilines is 3. The number of rotatable bonds is 5. The van der Waals surface area contributed by atoms with Gasteiger partial charge in [0.2, 0.25) is 0 Å². The first-order valence-corrected chi connectivity index (χ1v) is 19.2. The number of fused-ring (bicyclic) bond motifs is 9. The fourth-order valence-electron chi connectivity index (χ4n) is 7.96. The molecule has 2 nitrogen and oxygen atoms in total. The van der Waals surface area contributed by atoms with Crippen LogP contribution in [-0.4, -0.2) is 4.57 Å². The van der Waals surface area contributed by atoms with Crippen molar-refractivity contribution in [2.24, 2.45) is 0 Å². The van der Waals surface area contributed by atoms with Crippen molar-refractivity contribution in [3.63, 3.8) is 0 Å². The van der Waals surface area contributed by atoms with Gasteiger partial charge in [-0.2, -0.15) is 0 Å². The van der Waals surface area contributed by atoms with E-state index in [1.807, 2.05) is 22.7 Å². The molecule has 11 rings (SSSR count). The summed E-state index contributed by atoms with van der Waals surface area (Å²) < 4.78 is 7.67. The van der Waals surface area contributed by atoms with Crippen LogP contribution in [0.25, 0.3) is 79.0 Å². The highest BCUT2D eigenvalue weighted by atomic mass is 32.1. The van der Waals surface area contributed by atoms with Crippen molar-refractivity contribution < 1.29 is 0 Å². The predicted octanol–water partition coefficient (Wildman–Crippen LogP) is 14.7. The SMILES string of the molecule is c1ccc(-n2c3ccccc3c3ccc(N(c4ccc(-c5ccc6c(c5)sc5ccccc56)cc4)c4ccc5sc6ccccc6c5c4)cc32)cc1. The summed E-state index contributed by atoms with van der Waals surface area (Å²) in [6, 6.07) is 66.7. The molecule has 0 fully saturated rings. The van der Waals surface area contributed by atoms with Crippen molar-refractivity contribution >= 4 is 102 Å². The number of hydrogen-bond acceptors (Lipinski definition) is 3. The van der Waals surface area contributed by atoms with Crippen molar-refractivity contribution in [1.29, 1.82) is 0 Å². The maximum atomic E-state index is 2.41. The van der Waals surface area contributed by atoms with E-state index in [0.717, 1.165) is 22.7 Å². The van der Waals surface area contributed by atoms with E-state index in [9.17, 15) is 0 Å². The molecule has 244 valence electrons. The summed E-state index contributed by atoms with van der Waals surface area (Å²) in [6.07, 6.45) is 0. The van der Waals surface area contributed by atoms with Gasteiger partial charge in [-0.1, -0.05) is 103 Å². The van der Waals surface area contributed by atoms with Gasteiger partial charge in [-0.15, -0.1) is 22.7 Å². The summed E-state index contributed by atoms with van der Waals surface area (Å²) in [6.45, 7) is 0. The first-order valence-electron chi connectivity index (χ1n) is 17.6. The molecule has 0 bridgehead atoms. The second-order valence-electron chi connectivity index (χ2n) is 13.4. The second kappa shape index (κ2) is 11.7. The van der Waals surface area contributed by atoms with Crippen LogP contribution in [0, 0.1) is 0 Å². The standard InChI is InChI=1S/C48H30N2S2/c1-2-10-33(11-3-1)50-43-15-7-4-12-37(43)38-26-23-36(30-44(38)50)49(35-24-27-47-42(29-35)40-14-6-9-17-46(40)51-47)34-21-18-31(19-22-34)32-20-25-41-39-13-5-8-16-45(39)52-48(41)28-32/h1-30H. The number of nitrogens with zero attached hydrogens (tertiary/aromatic N) is 2. The van der Waals surface area contributed by atoms with Gasteiger partial charge in [-0.05, 0) is 90.0 Å². The molecular formula is C48H30N2S2. The molecule has 0 saturated carbocycles. The molecule has 3 aromatic heterocycles. The molecule has 0 amide bonds. The van der Waals surface area contributed by atoms with E-state index in [1.54, 1.807) is 0 Å². The molecule has 0 aliphatic heterocycles. The molecule has 0 aliphatic carbocycles. The van der Waals surface area contributed by atoms with Crippen molar-refractivity contribution in [3.8, 4) is 16.8 Å². The lowest BCUT2D eigenvalue weighted by Crippen LogP contribution is -2.10. The van der Waals surface area contributed by atoms with Gasteiger partial charge in [-0.25, -0.2) is 0 Å². The van der Waals surface area contributed by atoms with Crippen LogP contribution in [0.4, 0.5) is 17.1 Å². The van der Waals surface area contributed by atoms with Crippen LogP contribution in [0.5, 0.6) is 0 Å². The second-order valence-corrected chi connectivity index (χ2v) is 15.5. The number of para-hydroxylation sites is 2. The Balaban J connectivity index is 1.09. The fraction of sp³-hybridized carbons (Fsp3) is 0. The molecule has 0 saturated heterocycles. The highest BCUT2D eigenvalue weighted by molar-refractivity contribution is 7.26. The van der Waals surface area contributed by atoms with E-state index in [0.29, 0.717) is 0 Å². The largest absolute Gasteiger partial charge is 0.310 e. The Labute approximate surface area is 308 Å². The Bertz CT molecular complexity index is 3130. The first-order chi connectivity index (χ1) is 25.8. The molecule has 8 aromatic carbocycles. The van der Waals surface area contributed by atoms with E-state index in [1.165, 1.54) is 73.3 Å². The molecule has 0 spiro atoms. The fourth-order valence-corrected chi connectivity index (χ4v) is 10.2. The Morgan fingerprint density at radius 2 is 0.865 bits per heavy atom. The molecule has 0 aliphatic rings. The summed E-state index contributed by atoms with van der Waals surface area (Å²) in [5, 5.41) is 7.75. The minimum Gasteiger partial charge on any atom is -0.310 e. The third kappa shape index (κ3) is 4.62. The molecule has 0 unspecified atom stereocenters. The summed E-state index contributed by atoms with van der Waals surface area (Å²) in [5.41, 5.74) is 9.36. The molecular weight excluding hydrogens is 669 g/mol. The van der Waals surface area contributed by atoms with Crippen LogP contribution < -0.4 is 4.90 Å². The number of aromatic nitrogens is 1. The molecule has 0 N–H and O–H groups in total. The average molecular weight is 699 g/mol. The number of benzene rings is 8. The van der Waals surface area contributed by atoms with Gasteiger partial charge in [0.05, 0.1) is 11.0 Å². The maximum Gasteiger partial charge on any atom is 0.0561 e. The van der Waals surface area contributed by atoms with Gasteiger partial charge in [0.15, 0.2) is 0 Å². The van der Waals surface area contributed by atoms with E-state index >= 15 is 0 Å². The molecule has 52 heavy (non-hydrogen) atoms. The third-order valence-electron chi connectivity index (χ3n) is 10.4. The molecule has 3 heterocycles. The predicted molar refractivity (Wildman–Crippen MR) is 227 cm³/mol. The summed E-state index contributed by atoms with van der Waals surface area (Å²) in [7, 11) is 0. The van der Waals surface area contributed by atoms with Crippen molar-refractivity contribution in [3.05, 3.63) is 182 Å². The van der Waals surface area contributed by atoms with Crippen LogP contribution >= 0.6 is 22.7 Å². The number of hydrogen-bond donors (Lipinski definition) is 0. The zero-order chi connectivity index (χ0) is 34.2. The van der Waals surface area contributed by atoms with Crippen molar-refractivity contribution in [2.75, 3.05) is 4.90 Å². The summed E-state index contributed by atoms with van der Waals surface area (Å²) in [4.78, 5) is 2.41. The summed E-state index contributed by atoms with van der Waals surface area (Å²) in [5.74, 6) is 0. The molecule has 4 heteroatoms. The highest BCUT2D eigenvalue weighted by Crippen LogP contribution is 2.43. The summed E-state index contributed by atoms with van der Waals surface area (Å²) >= 11 is 3.73. The van der Waals surface area contributed by atoms with Crippen LogP contribution in [0.3, 0.4) is 0 Å². The lowest BCUT2D eigenvalue weighted by molar-refractivity contribution is 1.18. The Morgan fingerprint density at radius 3 is 1.67 bits per heavy atom. The highest BCUT2D eigenvalue weighted by Gasteiger charge is 2.19. The van der Waals surface area contributed by atoms with Crippen molar-refractivity contribution in [2.45, 2.75) is 0 Å². The third-order valence-corrected chi connectivity index (χ3v) is 12.7. The van der Waals surface area contributed by atoms with E-state index in [2.05, 4.69) is 191 Å². The van der Waals surface area contributed by atoms with E-state index < -0.39 is 0 Å². The number of thiophene rings is 2. The van der Waals surface area contributed by atoms with Crippen molar-refractivity contribution in [1.82, 2.24) is 4.57 Å². The van der Waals surface area contributed by atoms with Gasteiger partial charge in [0, 0.05) is 73.9 Å². The topological polar surface area (TPSA) is 8.17 Å². The lowest BCUT2D eigenvalue weighted by atomic mass is 10.0. The van der Waals surface area contributed by atoms with Crippen LogP contribution in [0.1, 0.15) is 0 Å².